The molecule has 0 saturated carbocycles. The highest BCUT2D eigenvalue weighted by Gasteiger charge is 2.37. The van der Waals surface area contributed by atoms with Crippen molar-refractivity contribution in [2.24, 2.45) is 28.9 Å². The highest BCUT2D eigenvalue weighted by atomic mass is 16.4. The number of carbonyl (C=O) groups excluding carboxylic acids is 11. The van der Waals surface area contributed by atoms with Crippen LogP contribution in [0.5, 0.6) is 0 Å². The van der Waals surface area contributed by atoms with Crippen LogP contribution in [0.15, 0.2) is 0 Å². The lowest BCUT2D eigenvalue weighted by Gasteiger charge is -2.28. The van der Waals surface area contributed by atoms with Gasteiger partial charge in [0.1, 0.15) is 54.4 Å². The molecule has 0 bridgehead atoms. The first-order valence-corrected chi connectivity index (χ1v) is 24.4. The second-order valence-electron chi connectivity index (χ2n) is 18.2. The SMILES string of the molecule is CC(C)C[C@H](NC(=O)[C@@H](N)CCC(N)=O)C(=O)N[C@@H](CO)C(=O)N[C@H](C(=O)N[C@@H](CO)C(=O)N[C@@H](CCC(=O)O)C(=O)N[C@@H](CCC(=O)O)C(=O)N[C@@H](CC(N)=O)C(=O)N[C@@H](CO)C(=O)N[C@@H](CCCCN)C(=O)O)[C@@H](C)O. The number of rotatable bonds is 40. The van der Waals surface area contributed by atoms with Gasteiger partial charge in [-0.15, -0.1) is 0 Å². The first kappa shape index (κ1) is 70.3. The van der Waals surface area contributed by atoms with Gasteiger partial charge in [0.15, 0.2) is 0 Å². The molecule has 0 aromatic carbocycles. The number of hydrogen-bond acceptors (Lipinski definition) is 20. The monoisotopic (exact) mass is 1120 g/mol. The number of carbonyl (C=O) groups is 14. The molecule has 34 heteroatoms. The fraction of sp³-hybridized carbons (Fsp3) is 0.682. The number of aliphatic carboxylic acids is 3. The summed E-state index contributed by atoms with van der Waals surface area (Å²) < 4.78 is 0. The zero-order valence-corrected chi connectivity index (χ0v) is 43.2. The lowest BCUT2D eigenvalue weighted by atomic mass is 10.0. The Morgan fingerprint density at radius 3 is 1.18 bits per heavy atom. The van der Waals surface area contributed by atoms with E-state index in [9.17, 15) is 103 Å². The van der Waals surface area contributed by atoms with Crippen LogP contribution in [-0.2, 0) is 67.1 Å². The molecule has 0 aliphatic carbocycles. The number of aliphatic hydroxyl groups is 4. The minimum atomic E-state index is -2.07. The summed E-state index contributed by atoms with van der Waals surface area (Å²) >= 11 is 0. The number of hydrogen-bond donors (Lipinski definition) is 20. The number of carboxylic acids is 3. The molecule has 0 fully saturated rings. The summed E-state index contributed by atoms with van der Waals surface area (Å²) in [5.74, 6) is -18.1. The molecule has 34 nitrogen and oxygen atoms in total. The molecule has 0 aliphatic heterocycles. The van der Waals surface area contributed by atoms with Crippen molar-refractivity contribution in [3.8, 4) is 0 Å². The number of carboxylic acid groups (broad SMARTS) is 3. The van der Waals surface area contributed by atoms with Crippen molar-refractivity contribution < 1.29 is 103 Å². The molecule has 0 spiro atoms. The Morgan fingerprint density at radius 2 is 0.795 bits per heavy atom. The fourth-order valence-electron chi connectivity index (χ4n) is 6.78. The van der Waals surface area contributed by atoms with E-state index in [1.165, 1.54) is 0 Å². The highest BCUT2D eigenvalue weighted by Crippen LogP contribution is 2.10. The van der Waals surface area contributed by atoms with Crippen molar-refractivity contribution in [2.45, 2.75) is 158 Å². The maximum absolute atomic E-state index is 13.7. The van der Waals surface area contributed by atoms with E-state index in [4.69, 9.17) is 22.9 Å². The number of nitrogens with two attached hydrogens (primary N) is 4. The van der Waals surface area contributed by atoms with Gasteiger partial charge >= 0.3 is 17.9 Å². The van der Waals surface area contributed by atoms with Crippen LogP contribution in [0.2, 0.25) is 0 Å². The Morgan fingerprint density at radius 1 is 0.423 bits per heavy atom. The molecule has 0 heterocycles. The molecule has 0 unspecified atom stereocenters. The van der Waals surface area contributed by atoms with Crippen molar-refractivity contribution in [3.05, 3.63) is 0 Å². The van der Waals surface area contributed by atoms with Gasteiger partial charge in [-0.3, -0.25) is 62.3 Å². The van der Waals surface area contributed by atoms with E-state index >= 15 is 0 Å². The molecule has 11 amide bonds. The summed E-state index contributed by atoms with van der Waals surface area (Å²) in [6.45, 7) is 1.04. The van der Waals surface area contributed by atoms with Gasteiger partial charge < -0.3 is 107 Å². The number of nitrogens with one attached hydrogen (secondary N) is 9. The molecular formula is C44H75N13O21. The summed E-state index contributed by atoms with van der Waals surface area (Å²) in [5.41, 5.74) is 21.6. The standard InChI is InChI=1S/C44H75N13O21/c1-19(2)14-25(52-35(68)21(46)7-10-30(47)62)38(71)55-29(18-60)42(75)57-34(20(3)61)43(76)56-28(17-59)40(73)50-22(8-11-32(64)65)36(69)49-23(9-12-33(66)67)37(70)53-26(15-31(48)63)39(72)54-27(16-58)41(74)51-24(44(77)78)6-4-5-13-45/h19-29,34,58-61H,4-18,45-46H2,1-3H3,(H2,47,62)(H2,48,63)(H,49,69)(H,50,73)(H,51,74)(H,52,68)(H,53,70)(H,54,72)(H,55,71)(H,56,76)(H,57,75)(H,64,65)(H,66,67)(H,77,78)/t20-,21+,22+,23+,24+,25+,26+,27+,28+,29+,34+/m1/s1. The number of primary amides is 2. The van der Waals surface area contributed by atoms with Gasteiger partial charge in [-0.05, 0) is 64.3 Å². The van der Waals surface area contributed by atoms with E-state index in [-0.39, 0.29) is 44.6 Å². The van der Waals surface area contributed by atoms with Gasteiger partial charge in [0.05, 0.1) is 38.4 Å². The lowest BCUT2D eigenvalue weighted by molar-refractivity contribution is -0.143. The molecule has 0 saturated heterocycles. The van der Waals surface area contributed by atoms with E-state index in [0.29, 0.717) is 6.42 Å². The third-order valence-electron chi connectivity index (χ3n) is 11.0. The van der Waals surface area contributed by atoms with Gasteiger partial charge in [0.25, 0.3) is 0 Å². The van der Waals surface area contributed by atoms with Crippen LogP contribution < -0.4 is 70.8 Å². The van der Waals surface area contributed by atoms with Crippen LogP contribution >= 0.6 is 0 Å². The van der Waals surface area contributed by atoms with E-state index in [2.05, 4.69) is 31.9 Å². The lowest BCUT2D eigenvalue weighted by Crippen LogP contribution is -2.63. The van der Waals surface area contributed by atoms with Gasteiger partial charge in [0.2, 0.25) is 65.0 Å². The Kier molecular flexibility index (Phi) is 32.8. The molecule has 0 aromatic rings. The summed E-state index contributed by atoms with van der Waals surface area (Å²) in [5, 5.41) is 87.8. The maximum Gasteiger partial charge on any atom is 0.326 e. The largest absolute Gasteiger partial charge is 0.481 e. The Balaban J connectivity index is 6.46. The summed E-state index contributed by atoms with van der Waals surface area (Å²) in [6.07, 6.45) is -6.02. The Labute approximate surface area is 446 Å². The van der Waals surface area contributed by atoms with Crippen molar-refractivity contribution in [3.63, 3.8) is 0 Å². The van der Waals surface area contributed by atoms with Crippen molar-refractivity contribution >= 4 is 82.9 Å². The molecule has 442 valence electrons. The van der Waals surface area contributed by atoms with E-state index in [1.807, 2.05) is 16.0 Å². The molecule has 0 rings (SSSR count). The topological polar surface area (TPSA) is 593 Å². The zero-order valence-electron chi connectivity index (χ0n) is 43.2. The van der Waals surface area contributed by atoms with E-state index < -0.39 is 201 Å². The number of amides is 11. The maximum atomic E-state index is 13.7. The van der Waals surface area contributed by atoms with E-state index in [0.717, 1.165) is 6.92 Å². The van der Waals surface area contributed by atoms with Crippen LogP contribution in [0.1, 0.15) is 91.4 Å². The second kappa shape index (κ2) is 36.4. The van der Waals surface area contributed by atoms with Crippen LogP contribution in [0, 0.1) is 5.92 Å². The first-order chi connectivity index (χ1) is 36.4. The quantitative estimate of drug-likeness (QED) is 0.0253. The molecule has 0 radical (unpaired) electrons. The molecule has 0 aromatic heterocycles. The summed E-state index contributed by atoms with van der Waals surface area (Å²) in [6, 6.07) is -17.9. The van der Waals surface area contributed by atoms with Gasteiger partial charge in [-0.2, -0.15) is 0 Å². The van der Waals surface area contributed by atoms with Gasteiger partial charge in [-0.25, -0.2) is 4.79 Å². The predicted molar refractivity (Wildman–Crippen MR) is 264 cm³/mol. The van der Waals surface area contributed by atoms with Crippen LogP contribution in [0.25, 0.3) is 0 Å². The average molecular weight is 1120 g/mol. The Hall–Kier alpha value is -7.66. The molecule has 0 aliphatic rings. The molecule has 78 heavy (non-hydrogen) atoms. The molecule has 24 N–H and O–H groups in total. The first-order valence-electron chi connectivity index (χ1n) is 24.4. The van der Waals surface area contributed by atoms with Crippen molar-refractivity contribution in [1.29, 1.82) is 0 Å². The third kappa shape index (κ3) is 27.4. The van der Waals surface area contributed by atoms with Crippen LogP contribution in [-0.4, -0.2) is 212 Å². The number of aliphatic hydroxyl groups excluding tert-OH is 4. The predicted octanol–water partition coefficient (Wildman–Crippen LogP) is -9.84. The minimum Gasteiger partial charge on any atom is -0.481 e. The zero-order chi connectivity index (χ0) is 60.0. The summed E-state index contributed by atoms with van der Waals surface area (Å²) in [7, 11) is 0. The van der Waals surface area contributed by atoms with Crippen molar-refractivity contribution in [1.82, 2.24) is 47.9 Å². The van der Waals surface area contributed by atoms with Crippen LogP contribution in [0.3, 0.4) is 0 Å². The minimum absolute atomic E-state index is 0.0175. The molecular weight excluding hydrogens is 1050 g/mol. The van der Waals surface area contributed by atoms with Gasteiger partial charge in [0, 0.05) is 19.3 Å². The van der Waals surface area contributed by atoms with Gasteiger partial charge in [-0.1, -0.05) is 13.8 Å². The number of unbranched alkanes of at least 4 members (excludes halogenated alkanes) is 1. The third-order valence-corrected chi connectivity index (χ3v) is 11.0. The fourth-order valence-corrected chi connectivity index (χ4v) is 6.78. The molecule has 11 atom stereocenters. The van der Waals surface area contributed by atoms with E-state index in [1.54, 1.807) is 13.8 Å². The average Bonchev–Trinajstić information content (AvgIpc) is 3.35. The van der Waals surface area contributed by atoms with Crippen LogP contribution in [0.4, 0.5) is 0 Å². The van der Waals surface area contributed by atoms with Crippen molar-refractivity contribution in [2.75, 3.05) is 26.4 Å². The highest BCUT2D eigenvalue weighted by molar-refractivity contribution is 5.99. The normalized spacial score (nSPS) is 15.3. The summed E-state index contributed by atoms with van der Waals surface area (Å²) in [4.78, 5) is 178. The second-order valence-corrected chi connectivity index (χ2v) is 18.2. The Bertz CT molecular complexity index is 2110. The smallest absolute Gasteiger partial charge is 0.326 e.